The van der Waals surface area contributed by atoms with E-state index < -0.39 is 47.4 Å². The van der Waals surface area contributed by atoms with Gasteiger partial charge in [0.2, 0.25) is 5.91 Å². The van der Waals surface area contributed by atoms with E-state index in [0.29, 0.717) is 42.2 Å². The number of para-hydroxylation sites is 1. The molecule has 1 heterocycles. The topological polar surface area (TPSA) is 67.2 Å². The SMILES string of the molecule is CCCCN(CC(=O)Nc1cc(C(C)(C)C)nn1-c1ccccc1)C(=O)c1cc(C(F)(F)F)cc(C(F)(F)F)c1. The van der Waals surface area contributed by atoms with Gasteiger partial charge in [-0.2, -0.15) is 31.4 Å². The van der Waals surface area contributed by atoms with Crippen LogP contribution in [0.2, 0.25) is 0 Å². The smallest absolute Gasteiger partial charge is 0.329 e. The molecule has 0 aliphatic heterocycles. The van der Waals surface area contributed by atoms with Crippen LogP contribution in [0.25, 0.3) is 5.69 Å². The van der Waals surface area contributed by atoms with E-state index in [2.05, 4.69) is 10.4 Å². The lowest BCUT2D eigenvalue weighted by atomic mass is 9.92. The standard InChI is InChI=1S/C28H30F6N4O2/c1-5-6-12-37(25(40)18-13-19(27(29,30)31)15-20(14-18)28(32,33)34)17-24(39)35-23-16-22(26(2,3)4)36-38(23)21-10-8-7-9-11-21/h7-11,13-16H,5-6,12,17H2,1-4H3,(H,35,39). The summed E-state index contributed by atoms with van der Waals surface area (Å²) in [6.07, 6.45) is -9.28. The van der Waals surface area contributed by atoms with Gasteiger partial charge in [-0.25, -0.2) is 4.68 Å². The number of hydrogen-bond acceptors (Lipinski definition) is 3. The third kappa shape index (κ3) is 7.64. The molecule has 1 N–H and O–H groups in total. The highest BCUT2D eigenvalue weighted by molar-refractivity contribution is 5.99. The fourth-order valence-electron chi connectivity index (χ4n) is 3.82. The van der Waals surface area contributed by atoms with Crippen LogP contribution in [-0.2, 0) is 22.6 Å². The van der Waals surface area contributed by atoms with Crippen LogP contribution in [0.3, 0.4) is 0 Å². The van der Waals surface area contributed by atoms with Gasteiger partial charge < -0.3 is 10.2 Å². The van der Waals surface area contributed by atoms with Crippen LogP contribution in [0, 0.1) is 0 Å². The van der Waals surface area contributed by atoms with Crippen molar-refractivity contribution < 1.29 is 35.9 Å². The van der Waals surface area contributed by atoms with Crippen LogP contribution in [-0.4, -0.2) is 39.6 Å². The van der Waals surface area contributed by atoms with E-state index in [1.54, 1.807) is 37.3 Å². The Hall–Kier alpha value is -3.83. The Kier molecular flexibility index (Phi) is 9.00. The zero-order valence-electron chi connectivity index (χ0n) is 22.5. The second kappa shape index (κ2) is 11.7. The van der Waals surface area contributed by atoms with Crippen LogP contribution < -0.4 is 5.32 Å². The van der Waals surface area contributed by atoms with Gasteiger partial charge in [-0.05, 0) is 36.8 Å². The van der Waals surface area contributed by atoms with Crippen LogP contribution in [0.4, 0.5) is 32.2 Å². The summed E-state index contributed by atoms with van der Waals surface area (Å²) in [6, 6.07) is 11.3. The van der Waals surface area contributed by atoms with Crippen LogP contribution >= 0.6 is 0 Å². The molecular formula is C28H30F6N4O2. The van der Waals surface area contributed by atoms with E-state index in [0.717, 1.165) is 4.90 Å². The molecule has 1 aromatic heterocycles. The largest absolute Gasteiger partial charge is 0.416 e. The minimum Gasteiger partial charge on any atom is -0.329 e. The summed E-state index contributed by atoms with van der Waals surface area (Å²) in [7, 11) is 0. The molecule has 0 radical (unpaired) electrons. The fraction of sp³-hybridized carbons (Fsp3) is 0.393. The Morgan fingerprint density at radius 3 is 1.98 bits per heavy atom. The molecule has 0 unspecified atom stereocenters. The lowest BCUT2D eigenvalue weighted by Gasteiger charge is -2.23. The zero-order valence-corrected chi connectivity index (χ0v) is 22.5. The summed E-state index contributed by atoms with van der Waals surface area (Å²) < 4.78 is 81.6. The second-order valence-corrected chi connectivity index (χ2v) is 10.3. The first kappa shape index (κ1) is 30.7. The monoisotopic (exact) mass is 568 g/mol. The highest BCUT2D eigenvalue weighted by Gasteiger charge is 2.38. The van der Waals surface area contributed by atoms with Gasteiger partial charge in [-0.3, -0.25) is 9.59 Å². The maximum Gasteiger partial charge on any atom is 0.416 e. The quantitative estimate of drug-likeness (QED) is 0.295. The van der Waals surface area contributed by atoms with Crippen molar-refractivity contribution in [3.05, 3.63) is 77.0 Å². The number of nitrogens with zero attached hydrogens (tertiary/aromatic N) is 3. The summed E-state index contributed by atoms with van der Waals surface area (Å²) in [6.45, 7) is 6.96. The normalized spacial score (nSPS) is 12.3. The summed E-state index contributed by atoms with van der Waals surface area (Å²) in [5, 5.41) is 7.28. The number of hydrogen-bond donors (Lipinski definition) is 1. The average Bonchev–Trinajstić information content (AvgIpc) is 3.29. The van der Waals surface area contributed by atoms with Crippen molar-refractivity contribution in [1.82, 2.24) is 14.7 Å². The first-order valence-electron chi connectivity index (χ1n) is 12.5. The summed E-state index contributed by atoms with van der Waals surface area (Å²) >= 11 is 0. The number of unbranched alkanes of at least 4 members (excludes halogenated alkanes) is 1. The molecule has 2 amide bonds. The molecule has 0 bridgehead atoms. The maximum atomic E-state index is 13.4. The summed E-state index contributed by atoms with van der Waals surface area (Å²) in [5.41, 5.74) is -3.08. The average molecular weight is 569 g/mol. The second-order valence-electron chi connectivity index (χ2n) is 10.3. The molecular weight excluding hydrogens is 538 g/mol. The predicted molar refractivity (Wildman–Crippen MR) is 138 cm³/mol. The Morgan fingerprint density at radius 2 is 1.48 bits per heavy atom. The fourth-order valence-corrected chi connectivity index (χ4v) is 3.82. The molecule has 12 heteroatoms. The molecule has 3 rings (SSSR count). The van der Waals surface area contributed by atoms with Crippen LogP contribution in [0.15, 0.2) is 54.6 Å². The number of alkyl halides is 6. The van der Waals surface area contributed by atoms with Crippen LogP contribution in [0.5, 0.6) is 0 Å². The number of anilines is 1. The molecule has 0 aliphatic rings. The van der Waals surface area contributed by atoms with Gasteiger partial charge in [0, 0.05) is 23.6 Å². The summed E-state index contributed by atoms with van der Waals surface area (Å²) in [5.74, 6) is -1.51. The lowest BCUT2D eigenvalue weighted by molar-refractivity contribution is -0.143. The van der Waals surface area contributed by atoms with Gasteiger partial charge in [-0.1, -0.05) is 52.3 Å². The molecule has 0 spiro atoms. The van der Waals surface area contributed by atoms with E-state index in [9.17, 15) is 35.9 Å². The first-order valence-corrected chi connectivity index (χ1v) is 12.5. The highest BCUT2D eigenvalue weighted by atomic mass is 19.4. The highest BCUT2D eigenvalue weighted by Crippen LogP contribution is 2.36. The Bertz CT molecular complexity index is 1310. The van der Waals surface area contributed by atoms with Gasteiger partial charge in [0.15, 0.2) is 0 Å². The molecule has 3 aromatic rings. The molecule has 0 saturated heterocycles. The number of carbonyl (C=O) groups is 2. The van der Waals surface area contributed by atoms with Gasteiger partial charge in [0.05, 0.1) is 22.5 Å². The van der Waals surface area contributed by atoms with Gasteiger partial charge in [0.25, 0.3) is 5.91 Å². The Morgan fingerprint density at radius 1 is 0.900 bits per heavy atom. The zero-order chi connectivity index (χ0) is 29.9. The van der Waals surface area contributed by atoms with E-state index >= 15 is 0 Å². The molecule has 6 nitrogen and oxygen atoms in total. The molecule has 2 aromatic carbocycles. The van der Waals surface area contributed by atoms with E-state index in [-0.39, 0.29) is 18.0 Å². The number of nitrogens with one attached hydrogen (secondary N) is 1. The van der Waals surface area contributed by atoms with Crippen molar-refractivity contribution in [3.63, 3.8) is 0 Å². The number of rotatable bonds is 8. The number of aromatic nitrogens is 2. The number of amides is 2. The number of carbonyl (C=O) groups excluding carboxylic acids is 2. The maximum absolute atomic E-state index is 13.4. The number of halogens is 6. The number of benzene rings is 2. The van der Waals surface area contributed by atoms with Gasteiger partial charge in [-0.15, -0.1) is 0 Å². The van der Waals surface area contributed by atoms with E-state index in [4.69, 9.17) is 0 Å². The van der Waals surface area contributed by atoms with Crippen molar-refractivity contribution in [2.45, 2.75) is 58.3 Å². The van der Waals surface area contributed by atoms with Crippen molar-refractivity contribution in [1.29, 1.82) is 0 Å². The van der Waals surface area contributed by atoms with Crippen LogP contribution in [0.1, 0.15) is 67.7 Å². The lowest BCUT2D eigenvalue weighted by Crippen LogP contribution is -2.39. The first-order chi connectivity index (χ1) is 18.5. The third-order valence-corrected chi connectivity index (χ3v) is 5.98. The molecule has 0 saturated carbocycles. The van der Waals surface area contributed by atoms with E-state index in [1.807, 2.05) is 26.8 Å². The Balaban J connectivity index is 1.94. The van der Waals surface area contributed by atoms with Crippen molar-refractivity contribution >= 4 is 17.6 Å². The molecule has 0 fully saturated rings. The van der Waals surface area contributed by atoms with E-state index in [1.165, 1.54) is 4.68 Å². The Labute approximate surface area is 228 Å². The van der Waals surface area contributed by atoms with Crippen molar-refractivity contribution in [2.24, 2.45) is 0 Å². The molecule has 40 heavy (non-hydrogen) atoms. The summed E-state index contributed by atoms with van der Waals surface area (Å²) in [4.78, 5) is 27.3. The molecule has 216 valence electrons. The molecule has 0 aliphatic carbocycles. The predicted octanol–water partition coefficient (Wildman–Crippen LogP) is 7.09. The van der Waals surface area contributed by atoms with Crippen molar-refractivity contribution in [3.8, 4) is 5.69 Å². The minimum absolute atomic E-state index is 0.0442. The third-order valence-electron chi connectivity index (χ3n) is 5.98. The van der Waals surface area contributed by atoms with Gasteiger partial charge >= 0.3 is 12.4 Å². The van der Waals surface area contributed by atoms with Crippen molar-refractivity contribution in [2.75, 3.05) is 18.4 Å². The minimum atomic E-state index is -5.11. The molecule has 0 atom stereocenters. The van der Waals surface area contributed by atoms with Gasteiger partial charge in [0.1, 0.15) is 12.4 Å².